The molecule has 3 aliphatic rings. The molecule has 5 nitrogen and oxygen atoms in total. The molecule has 2 aliphatic heterocycles. The Morgan fingerprint density at radius 1 is 1.00 bits per heavy atom. The molecule has 2 heterocycles. The van der Waals surface area contributed by atoms with Crippen molar-refractivity contribution in [2.24, 2.45) is 5.92 Å². The van der Waals surface area contributed by atoms with E-state index in [0.717, 1.165) is 62.9 Å². The van der Waals surface area contributed by atoms with Crippen LogP contribution in [0.25, 0.3) is 0 Å². The van der Waals surface area contributed by atoms with Crippen LogP contribution in [0.1, 0.15) is 54.0 Å². The van der Waals surface area contributed by atoms with E-state index in [4.69, 9.17) is 4.74 Å². The number of hydrogen-bond donors (Lipinski definition) is 0. The number of carbonyl (C=O) groups is 2. The van der Waals surface area contributed by atoms with Gasteiger partial charge in [-0.3, -0.25) is 9.59 Å². The zero-order valence-corrected chi connectivity index (χ0v) is 18.2. The molecule has 1 atom stereocenters. The second-order valence-corrected chi connectivity index (χ2v) is 9.11. The monoisotopic (exact) mass is 418 g/mol. The van der Waals surface area contributed by atoms with E-state index >= 15 is 0 Å². The second kappa shape index (κ2) is 8.37. The lowest BCUT2D eigenvalue weighted by molar-refractivity contribution is -0.134. The minimum absolute atomic E-state index is 0.0517. The van der Waals surface area contributed by atoms with Crippen LogP contribution in [0.15, 0.2) is 42.5 Å². The largest absolute Gasteiger partial charge is 0.484 e. The van der Waals surface area contributed by atoms with E-state index in [-0.39, 0.29) is 30.4 Å². The summed E-state index contributed by atoms with van der Waals surface area (Å²) in [5, 5.41) is 0. The van der Waals surface area contributed by atoms with Crippen molar-refractivity contribution in [3.63, 3.8) is 0 Å². The predicted octanol–water partition coefficient (Wildman–Crippen LogP) is 3.88. The molecule has 0 bridgehead atoms. The van der Waals surface area contributed by atoms with Crippen LogP contribution in [-0.2, 0) is 16.0 Å². The van der Waals surface area contributed by atoms with Gasteiger partial charge in [-0.25, -0.2) is 0 Å². The predicted molar refractivity (Wildman–Crippen MR) is 119 cm³/mol. The second-order valence-electron chi connectivity index (χ2n) is 9.11. The van der Waals surface area contributed by atoms with Gasteiger partial charge in [0.25, 0.3) is 5.91 Å². The number of ether oxygens (including phenoxy) is 1. The summed E-state index contributed by atoms with van der Waals surface area (Å²) in [5.74, 6) is 1.21. The SMILES string of the molecule is Cc1ccc(C2c3cc(OCC(=O)N4CCCC4)ccc3CCN2C(=O)C2CC2)cc1. The zero-order chi connectivity index (χ0) is 21.4. The lowest BCUT2D eigenvalue weighted by Gasteiger charge is -2.38. The summed E-state index contributed by atoms with van der Waals surface area (Å²) >= 11 is 0. The highest BCUT2D eigenvalue weighted by Crippen LogP contribution is 2.41. The van der Waals surface area contributed by atoms with Crippen LogP contribution in [-0.4, -0.2) is 47.9 Å². The molecule has 162 valence electrons. The molecule has 1 aliphatic carbocycles. The highest BCUT2D eigenvalue weighted by atomic mass is 16.5. The van der Waals surface area contributed by atoms with Crippen molar-refractivity contribution < 1.29 is 14.3 Å². The first kappa shape index (κ1) is 20.1. The molecule has 1 saturated heterocycles. The lowest BCUT2D eigenvalue weighted by atomic mass is 9.87. The van der Waals surface area contributed by atoms with Gasteiger partial charge in [0.05, 0.1) is 6.04 Å². The molecule has 2 aromatic carbocycles. The van der Waals surface area contributed by atoms with Crippen molar-refractivity contribution in [3.8, 4) is 5.75 Å². The van der Waals surface area contributed by atoms with Crippen molar-refractivity contribution in [3.05, 3.63) is 64.7 Å². The van der Waals surface area contributed by atoms with Crippen molar-refractivity contribution >= 4 is 11.8 Å². The minimum Gasteiger partial charge on any atom is -0.484 e. The molecule has 31 heavy (non-hydrogen) atoms. The molecule has 1 saturated carbocycles. The zero-order valence-electron chi connectivity index (χ0n) is 18.2. The van der Waals surface area contributed by atoms with E-state index in [9.17, 15) is 9.59 Å². The quantitative estimate of drug-likeness (QED) is 0.740. The molecule has 2 amide bonds. The lowest BCUT2D eigenvalue weighted by Crippen LogP contribution is -2.41. The fourth-order valence-corrected chi connectivity index (χ4v) is 4.80. The Kier molecular flexibility index (Phi) is 5.43. The minimum atomic E-state index is -0.102. The Morgan fingerprint density at radius 3 is 2.45 bits per heavy atom. The van der Waals surface area contributed by atoms with Crippen LogP contribution in [0.3, 0.4) is 0 Å². The topological polar surface area (TPSA) is 49.9 Å². The maximum Gasteiger partial charge on any atom is 0.260 e. The first-order valence-corrected chi connectivity index (χ1v) is 11.5. The molecule has 5 heteroatoms. The smallest absolute Gasteiger partial charge is 0.260 e. The van der Waals surface area contributed by atoms with Crippen molar-refractivity contribution in [2.45, 2.75) is 45.1 Å². The van der Waals surface area contributed by atoms with Gasteiger partial charge in [-0.05, 0) is 67.9 Å². The number of likely N-dealkylation sites (tertiary alicyclic amines) is 1. The summed E-state index contributed by atoms with van der Waals surface area (Å²) in [6.45, 7) is 4.56. The summed E-state index contributed by atoms with van der Waals surface area (Å²) in [6, 6.07) is 14.5. The number of nitrogens with zero attached hydrogens (tertiary/aromatic N) is 2. The van der Waals surface area contributed by atoms with Crippen LogP contribution < -0.4 is 4.74 Å². The number of benzene rings is 2. The highest BCUT2D eigenvalue weighted by molar-refractivity contribution is 5.82. The maximum absolute atomic E-state index is 13.1. The van der Waals surface area contributed by atoms with Gasteiger partial charge in [0.15, 0.2) is 6.61 Å². The van der Waals surface area contributed by atoms with Gasteiger partial charge in [-0.15, -0.1) is 0 Å². The van der Waals surface area contributed by atoms with Gasteiger partial charge in [0.1, 0.15) is 5.75 Å². The standard InChI is InChI=1S/C26H30N2O3/c1-18-4-6-20(7-5-18)25-23-16-22(31-17-24(29)27-13-2-3-14-27)11-10-19(23)12-15-28(25)26(30)21-8-9-21/h4-7,10-11,16,21,25H,2-3,8-9,12-15,17H2,1H3. The number of aryl methyl sites for hydroxylation is 1. The van der Waals surface area contributed by atoms with Crippen molar-refractivity contribution in [2.75, 3.05) is 26.2 Å². The summed E-state index contributed by atoms with van der Waals surface area (Å²) < 4.78 is 5.91. The molecular formula is C26H30N2O3. The molecule has 5 rings (SSSR count). The summed E-state index contributed by atoms with van der Waals surface area (Å²) in [6.07, 6.45) is 5.01. The van der Waals surface area contributed by atoms with E-state index in [1.807, 2.05) is 17.0 Å². The van der Waals surface area contributed by atoms with Crippen LogP contribution in [0.2, 0.25) is 0 Å². The van der Waals surface area contributed by atoms with Gasteiger partial charge < -0.3 is 14.5 Å². The number of carbonyl (C=O) groups excluding carboxylic acids is 2. The van der Waals surface area contributed by atoms with E-state index in [0.29, 0.717) is 5.75 Å². The molecule has 0 spiro atoms. The average molecular weight is 419 g/mol. The average Bonchev–Trinajstić information content (AvgIpc) is 3.50. The fourth-order valence-electron chi connectivity index (χ4n) is 4.80. The number of hydrogen-bond acceptors (Lipinski definition) is 3. The third kappa shape index (κ3) is 4.18. The van der Waals surface area contributed by atoms with Gasteiger partial charge in [-0.2, -0.15) is 0 Å². The van der Waals surface area contributed by atoms with Crippen LogP contribution >= 0.6 is 0 Å². The van der Waals surface area contributed by atoms with E-state index in [1.165, 1.54) is 11.1 Å². The first-order chi connectivity index (χ1) is 15.1. The van der Waals surface area contributed by atoms with E-state index in [1.54, 1.807) is 0 Å². The van der Waals surface area contributed by atoms with Crippen molar-refractivity contribution in [1.29, 1.82) is 0 Å². The molecule has 0 N–H and O–H groups in total. The Hall–Kier alpha value is -2.82. The van der Waals surface area contributed by atoms with E-state index < -0.39 is 0 Å². The van der Waals surface area contributed by atoms with Gasteiger partial charge >= 0.3 is 0 Å². The van der Waals surface area contributed by atoms with Crippen LogP contribution in [0.5, 0.6) is 5.75 Å². The number of fused-ring (bicyclic) bond motifs is 1. The molecule has 0 radical (unpaired) electrons. The molecular weight excluding hydrogens is 388 g/mol. The Bertz CT molecular complexity index is 975. The fraction of sp³-hybridized carbons (Fsp3) is 0.462. The van der Waals surface area contributed by atoms with Crippen molar-refractivity contribution in [1.82, 2.24) is 9.80 Å². The summed E-state index contributed by atoms with van der Waals surface area (Å²) in [7, 11) is 0. The highest BCUT2D eigenvalue weighted by Gasteiger charge is 2.39. The Morgan fingerprint density at radius 2 is 1.74 bits per heavy atom. The third-order valence-corrected chi connectivity index (χ3v) is 6.77. The molecule has 0 aromatic heterocycles. The first-order valence-electron chi connectivity index (χ1n) is 11.5. The maximum atomic E-state index is 13.1. The van der Waals surface area contributed by atoms with Crippen LogP contribution in [0.4, 0.5) is 0 Å². The Balaban J connectivity index is 1.43. The molecule has 2 fully saturated rings. The van der Waals surface area contributed by atoms with E-state index in [2.05, 4.69) is 42.2 Å². The van der Waals surface area contributed by atoms with Gasteiger partial charge in [-0.1, -0.05) is 35.9 Å². The summed E-state index contributed by atoms with van der Waals surface area (Å²) in [5.41, 5.74) is 4.71. The van der Waals surface area contributed by atoms with Gasteiger partial charge in [0, 0.05) is 25.6 Å². The van der Waals surface area contributed by atoms with Crippen LogP contribution in [0, 0.1) is 12.8 Å². The number of amides is 2. The third-order valence-electron chi connectivity index (χ3n) is 6.77. The number of rotatable bonds is 5. The summed E-state index contributed by atoms with van der Waals surface area (Å²) in [4.78, 5) is 29.4. The molecule has 2 aromatic rings. The Labute approximate surface area is 184 Å². The normalized spacial score (nSPS) is 20.5. The van der Waals surface area contributed by atoms with Gasteiger partial charge in [0.2, 0.25) is 5.91 Å². The molecule has 1 unspecified atom stereocenters.